The zero-order valence-corrected chi connectivity index (χ0v) is 18.1. The van der Waals surface area contributed by atoms with Crippen LogP contribution in [0.15, 0.2) is 18.2 Å². The molecule has 1 amide bonds. The summed E-state index contributed by atoms with van der Waals surface area (Å²) < 4.78 is 10.7. The first-order valence-corrected chi connectivity index (χ1v) is 9.57. The van der Waals surface area contributed by atoms with Crippen LogP contribution in [-0.4, -0.2) is 39.8 Å². The molecule has 154 valence electrons. The summed E-state index contributed by atoms with van der Waals surface area (Å²) in [6.07, 6.45) is 2.95. The van der Waals surface area contributed by atoms with E-state index in [0.29, 0.717) is 36.3 Å². The Kier molecular flexibility index (Phi) is 9.40. The van der Waals surface area contributed by atoms with Gasteiger partial charge < -0.3 is 20.1 Å². The molecule has 2 rings (SSSR count). The highest BCUT2D eigenvalue weighted by Crippen LogP contribution is 2.33. The summed E-state index contributed by atoms with van der Waals surface area (Å²) in [4.78, 5) is 12.4. The van der Waals surface area contributed by atoms with Crippen molar-refractivity contribution in [1.29, 1.82) is 0 Å². The SMILES string of the molecule is COc1ccc(C(C)(C)CNC(=O)CC(C)C2CCNCC2)cc1OC.Cl. The molecule has 1 saturated heterocycles. The maximum atomic E-state index is 12.4. The summed E-state index contributed by atoms with van der Waals surface area (Å²) in [6.45, 7) is 9.21. The van der Waals surface area contributed by atoms with Gasteiger partial charge in [-0.2, -0.15) is 0 Å². The number of hydrogen-bond acceptors (Lipinski definition) is 4. The van der Waals surface area contributed by atoms with E-state index in [1.165, 1.54) is 12.8 Å². The van der Waals surface area contributed by atoms with Crippen molar-refractivity contribution in [2.45, 2.75) is 45.4 Å². The first kappa shape index (κ1) is 23.6. The van der Waals surface area contributed by atoms with Crippen molar-refractivity contribution in [3.8, 4) is 11.5 Å². The number of carbonyl (C=O) groups excluding carboxylic acids is 1. The molecule has 1 atom stereocenters. The van der Waals surface area contributed by atoms with Gasteiger partial charge in [0.1, 0.15) is 0 Å². The van der Waals surface area contributed by atoms with Gasteiger partial charge in [-0.15, -0.1) is 12.4 Å². The Bertz CT molecular complexity index is 601. The molecule has 0 bridgehead atoms. The molecule has 1 fully saturated rings. The normalized spacial score (nSPS) is 16.2. The molecule has 0 saturated carbocycles. The average Bonchev–Trinajstić information content (AvgIpc) is 2.66. The second-order valence-corrected chi connectivity index (χ2v) is 8.00. The molecule has 27 heavy (non-hydrogen) atoms. The number of rotatable bonds is 8. The fourth-order valence-corrected chi connectivity index (χ4v) is 3.62. The highest BCUT2D eigenvalue weighted by atomic mass is 35.5. The van der Waals surface area contributed by atoms with Crippen LogP contribution in [0.25, 0.3) is 0 Å². The van der Waals surface area contributed by atoms with Crippen LogP contribution in [0.4, 0.5) is 0 Å². The van der Waals surface area contributed by atoms with Crippen molar-refractivity contribution in [3.63, 3.8) is 0 Å². The summed E-state index contributed by atoms with van der Waals surface area (Å²) in [5.41, 5.74) is 0.926. The van der Waals surface area contributed by atoms with Gasteiger partial charge in [-0.25, -0.2) is 0 Å². The third-order valence-corrected chi connectivity index (χ3v) is 5.59. The topological polar surface area (TPSA) is 59.6 Å². The van der Waals surface area contributed by atoms with Crippen LogP contribution < -0.4 is 20.1 Å². The maximum absolute atomic E-state index is 12.4. The molecule has 0 aliphatic carbocycles. The van der Waals surface area contributed by atoms with E-state index in [2.05, 4.69) is 31.4 Å². The summed E-state index contributed by atoms with van der Waals surface area (Å²) in [5.74, 6) is 2.66. The Labute approximate surface area is 170 Å². The van der Waals surface area contributed by atoms with Crippen LogP contribution in [0.5, 0.6) is 11.5 Å². The lowest BCUT2D eigenvalue weighted by Crippen LogP contribution is -2.38. The van der Waals surface area contributed by atoms with Crippen LogP contribution in [0.1, 0.15) is 45.6 Å². The van der Waals surface area contributed by atoms with Crippen molar-refractivity contribution in [3.05, 3.63) is 23.8 Å². The second-order valence-electron chi connectivity index (χ2n) is 8.00. The highest BCUT2D eigenvalue weighted by Gasteiger charge is 2.25. The summed E-state index contributed by atoms with van der Waals surface area (Å²) in [7, 11) is 3.27. The van der Waals surface area contributed by atoms with Gasteiger partial charge in [-0.3, -0.25) is 4.79 Å². The molecule has 2 N–H and O–H groups in total. The fraction of sp³-hybridized carbons (Fsp3) is 0.667. The molecule has 1 aliphatic heterocycles. The molecule has 5 nitrogen and oxygen atoms in total. The second kappa shape index (κ2) is 10.8. The van der Waals surface area contributed by atoms with E-state index in [-0.39, 0.29) is 23.7 Å². The van der Waals surface area contributed by atoms with E-state index in [9.17, 15) is 4.79 Å². The van der Waals surface area contributed by atoms with E-state index < -0.39 is 0 Å². The molecule has 1 aliphatic rings. The van der Waals surface area contributed by atoms with E-state index in [0.717, 1.165) is 18.7 Å². The van der Waals surface area contributed by atoms with Crippen LogP contribution in [-0.2, 0) is 10.2 Å². The van der Waals surface area contributed by atoms with Crippen molar-refractivity contribution >= 4 is 18.3 Å². The molecular weight excluding hydrogens is 364 g/mol. The van der Waals surface area contributed by atoms with Gasteiger partial charge in [0.25, 0.3) is 0 Å². The average molecular weight is 399 g/mol. The Morgan fingerprint density at radius 3 is 2.44 bits per heavy atom. The minimum atomic E-state index is -0.187. The van der Waals surface area contributed by atoms with E-state index in [1.807, 2.05) is 18.2 Å². The first-order chi connectivity index (χ1) is 12.4. The van der Waals surface area contributed by atoms with Crippen LogP contribution in [0.2, 0.25) is 0 Å². The monoisotopic (exact) mass is 398 g/mol. The number of amides is 1. The summed E-state index contributed by atoms with van der Waals surface area (Å²) in [6, 6.07) is 5.94. The Morgan fingerprint density at radius 2 is 1.85 bits per heavy atom. The molecule has 0 radical (unpaired) electrons. The Morgan fingerprint density at radius 1 is 1.22 bits per heavy atom. The predicted octanol–water partition coefficient (Wildman–Crippen LogP) is 3.55. The number of piperidine rings is 1. The molecule has 1 aromatic carbocycles. The number of nitrogens with one attached hydrogen (secondary N) is 2. The van der Waals surface area contributed by atoms with Crippen LogP contribution in [0.3, 0.4) is 0 Å². The first-order valence-electron chi connectivity index (χ1n) is 9.57. The summed E-state index contributed by atoms with van der Waals surface area (Å²) in [5, 5.41) is 6.51. The van der Waals surface area contributed by atoms with E-state index >= 15 is 0 Å². The standard InChI is InChI=1S/C21H34N2O3.ClH/c1-15(16-8-10-22-11-9-16)12-20(24)23-14-21(2,3)17-6-7-18(25-4)19(13-17)26-5;/h6-7,13,15-16,22H,8-12,14H2,1-5H3,(H,23,24);1H. The zero-order chi connectivity index (χ0) is 19.2. The van der Waals surface area contributed by atoms with Gasteiger partial charge in [0.05, 0.1) is 14.2 Å². The predicted molar refractivity (Wildman–Crippen MR) is 112 cm³/mol. The minimum absolute atomic E-state index is 0. The smallest absolute Gasteiger partial charge is 0.220 e. The number of carbonyl (C=O) groups is 1. The van der Waals surface area contributed by atoms with Crippen molar-refractivity contribution in [2.75, 3.05) is 33.9 Å². The number of halogens is 1. The van der Waals surface area contributed by atoms with Gasteiger partial charge in [0.15, 0.2) is 11.5 Å². The Balaban J connectivity index is 0.00000364. The Hall–Kier alpha value is -1.46. The highest BCUT2D eigenvalue weighted by molar-refractivity contribution is 5.85. The lowest BCUT2D eigenvalue weighted by Gasteiger charge is -2.29. The minimum Gasteiger partial charge on any atom is -0.493 e. The number of methoxy groups -OCH3 is 2. The van der Waals surface area contributed by atoms with E-state index in [1.54, 1.807) is 14.2 Å². The molecule has 6 heteroatoms. The number of hydrogen-bond donors (Lipinski definition) is 2. The zero-order valence-electron chi connectivity index (χ0n) is 17.3. The largest absolute Gasteiger partial charge is 0.493 e. The van der Waals surface area contributed by atoms with Gasteiger partial charge in [-0.05, 0) is 55.5 Å². The third-order valence-electron chi connectivity index (χ3n) is 5.59. The lowest BCUT2D eigenvalue weighted by molar-refractivity contribution is -0.122. The molecule has 1 heterocycles. The van der Waals surface area contributed by atoms with Crippen LogP contribution >= 0.6 is 12.4 Å². The third kappa shape index (κ3) is 6.58. The van der Waals surface area contributed by atoms with E-state index in [4.69, 9.17) is 9.47 Å². The molecule has 0 spiro atoms. The molecule has 0 aromatic heterocycles. The number of ether oxygens (including phenoxy) is 2. The quantitative estimate of drug-likeness (QED) is 0.703. The van der Waals surface area contributed by atoms with Gasteiger partial charge in [0.2, 0.25) is 5.91 Å². The van der Waals surface area contributed by atoms with Crippen molar-refractivity contribution in [1.82, 2.24) is 10.6 Å². The molecular formula is C21H35ClN2O3. The number of benzene rings is 1. The summed E-state index contributed by atoms with van der Waals surface area (Å²) >= 11 is 0. The molecule has 1 aromatic rings. The lowest BCUT2D eigenvalue weighted by atomic mass is 9.83. The van der Waals surface area contributed by atoms with Crippen molar-refractivity contribution < 1.29 is 14.3 Å². The van der Waals surface area contributed by atoms with Gasteiger partial charge in [-0.1, -0.05) is 26.8 Å². The molecule has 1 unspecified atom stereocenters. The fourth-order valence-electron chi connectivity index (χ4n) is 3.62. The van der Waals surface area contributed by atoms with Crippen molar-refractivity contribution in [2.24, 2.45) is 11.8 Å². The maximum Gasteiger partial charge on any atom is 0.220 e. The van der Waals surface area contributed by atoms with Gasteiger partial charge >= 0.3 is 0 Å². The van der Waals surface area contributed by atoms with Crippen LogP contribution in [0, 0.1) is 11.8 Å². The van der Waals surface area contributed by atoms with Gasteiger partial charge in [0, 0.05) is 18.4 Å².